The van der Waals surface area contributed by atoms with Crippen molar-refractivity contribution in [2.24, 2.45) is 0 Å². The zero-order valence-electron chi connectivity index (χ0n) is 16.0. The molecule has 1 saturated heterocycles. The van der Waals surface area contributed by atoms with Crippen LogP contribution < -0.4 is 10.1 Å². The van der Waals surface area contributed by atoms with Crippen molar-refractivity contribution in [2.45, 2.75) is 0 Å². The van der Waals surface area contributed by atoms with Gasteiger partial charge in [-0.3, -0.25) is 14.5 Å². The molecule has 0 aliphatic carbocycles. The average Bonchev–Trinajstić information content (AvgIpc) is 3.26. The van der Waals surface area contributed by atoms with Gasteiger partial charge in [-0.2, -0.15) is 0 Å². The lowest BCUT2D eigenvalue weighted by Gasteiger charge is -2.34. The summed E-state index contributed by atoms with van der Waals surface area (Å²) in [4.78, 5) is 28.4. The van der Waals surface area contributed by atoms with Gasteiger partial charge in [0.2, 0.25) is 5.91 Å². The molecule has 7 heteroatoms. The summed E-state index contributed by atoms with van der Waals surface area (Å²) in [5, 5.41) is 2.93. The fourth-order valence-corrected chi connectivity index (χ4v) is 3.01. The van der Waals surface area contributed by atoms with Gasteiger partial charge in [-0.25, -0.2) is 0 Å². The molecule has 0 saturated carbocycles. The van der Waals surface area contributed by atoms with E-state index in [1.54, 1.807) is 55.9 Å². The summed E-state index contributed by atoms with van der Waals surface area (Å²) in [6.45, 7) is 4.25. The van der Waals surface area contributed by atoms with Crippen molar-refractivity contribution < 1.29 is 18.7 Å². The minimum Gasteiger partial charge on any atom is -0.497 e. The Balaban J connectivity index is 1.36. The summed E-state index contributed by atoms with van der Waals surface area (Å²) in [5.74, 6) is 1.28. The van der Waals surface area contributed by atoms with Crippen molar-refractivity contribution in [1.82, 2.24) is 15.1 Å². The van der Waals surface area contributed by atoms with Crippen LogP contribution >= 0.6 is 0 Å². The molecule has 0 unspecified atom stereocenters. The number of rotatable bonds is 7. The maximum atomic E-state index is 12.2. The molecule has 2 amide bonds. The number of furan rings is 1. The highest BCUT2D eigenvalue weighted by Crippen LogP contribution is 2.11. The second kappa shape index (κ2) is 9.75. The van der Waals surface area contributed by atoms with Gasteiger partial charge in [-0.1, -0.05) is 0 Å². The van der Waals surface area contributed by atoms with Crippen LogP contribution in [0.5, 0.6) is 5.75 Å². The van der Waals surface area contributed by atoms with Gasteiger partial charge in [-0.15, -0.1) is 0 Å². The Morgan fingerprint density at radius 3 is 2.54 bits per heavy atom. The lowest BCUT2D eigenvalue weighted by atomic mass is 10.2. The molecule has 2 aromatic rings. The Labute approximate surface area is 164 Å². The van der Waals surface area contributed by atoms with Gasteiger partial charge in [0.15, 0.2) is 0 Å². The van der Waals surface area contributed by atoms with E-state index in [1.165, 1.54) is 0 Å². The van der Waals surface area contributed by atoms with Gasteiger partial charge in [-0.05, 0) is 42.5 Å². The Kier molecular flexibility index (Phi) is 6.86. The van der Waals surface area contributed by atoms with Crippen LogP contribution in [0.25, 0.3) is 6.08 Å². The van der Waals surface area contributed by atoms with E-state index in [0.29, 0.717) is 31.0 Å². The van der Waals surface area contributed by atoms with E-state index >= 15 is 0 Å². The minimum atomic E-state index is -0.0977. The molecule has 2 heterocycles. The quantitative estimate of drug-likeness (QED) is 0.739. The molecule has 28 heavy (non-hydrogen) atoms. The number of nitrogens with one attached hydrogen (secondary N) is 1. The molecule has 1 aromatic carbocycles. The van der Waals surface area contributed by atoms with E-state index in [4.69, 9.17) is 9.15 Å². The van der Waals surface area contributed by atoms with Gasteiger partial charge in [0, 0.05) is 50.9 Å². The molecular weight excluding hydrogens is 358 g/mol. The van der Waals surface area contributed by atoms with E-state index in [-0.39, 0.29) is 11.8 Å². The molecule has 0 bridgehead atoms. The van der Waals surface area contributed by atoms with Crippen molar-refractivity contribution in [3.8, 4) is 5.75 Å². The second-order valence-electron chi connectivity index (χ2n) is 6.50. The SMILES string of the molecule is COc1ccc(C(=O)NCCN2CCN(C(=O)C=Cc3ccco3)CC2)cc1. The van der Waals surface area contributed by atoms with Crippen LogP contribution in [0.1, 0.15) is 16.1 Å². The lowest BCUT2D eigenvalue weighted by molar-refractivity contribution is -0.127. The first-order chi connectivity index (χ1) is 13.7. The number of benzene rings is 1. The van der Waals surface area contributed by atoms with E-state index in [9.17, 15) is 9.59 Å². The molecule has 0 radical (unpaired) electrons. The van der Waals surface area contributed by atoms with Crippen LogP contribution in [0.2, 0.25) is 0 Å². The number of methoxy groups -OCH3 is 1. The molecular formula is C21H25N3O4. The standard InChI is InChI=1S/C21H25N3O4/c1-27-18-6-4-17(5-7-18)21(26)22-10-11-23-12-14-24(15-13-23)20(25)9-8-19-3-2-16-28-19/h2-9,16H,10-15H2,1H3,(H,22,26). The maximum absolute atomic E-state index is 12.2. The average molecular weight is 383 g/mol. The fourth-order valence-electron chi connectivity index (χ4n) is 3.01. The normalized spacial score (nSPS) is 15.0. The summed E-state index contributed by atoms with van der Waals surface area (Å²) in [6, 6.07) is 10.6. The Morgan fingerprint density at radius 2 is 1.89 bits per heavy atom. The molecule has 148 valence electrons. The van der Waals surface area contributed by atoms with E-state index in [0.717, 1.165) is 25.4 Å². The first kappa shape index (κ1) is 19.7. The first-order valence-corrected chi connectivity index (χ1v) is 9.31. The minimum absolute atomic E-state index is 0.0103. The van der Waals surface area contributed by atoms with Crippen molar-refractivity contribution in [3.63, 3.8) is 0 Å². The molecule has 7 nitrogen and oxygen atoms in total. The molecule has 1 aromatic heterocycles. The third-order valence-corrected chi connectivity index (χ3v) is 4.68. The van der Waals surface area contributed by atoms with Crippen molar-refractivity contribution in [1.29, 1.82) is 0 Å². The predicted octanol–water partition coefficient (Wildman–Crippen LogP) is 1.88. The zero-order valence-corrected chi connectivity index (χ0v) is 16.0. The van der Waals surface area contributed by atoms with Crippen LogP contribution in [0.3, 0.4) is 0 Å². The number of hydrogen-bond donors (Lipinski definition) is 1. The third kappa shape index (κ3) is 5.47. The molecule has 0 atom stereocenters. The highest BCUT2D eigenvalue weighted by molar-refractivity contribution is 5.94. The summed E-state index contributed by atoms with van der Waals surface area (Å²) < 4.78 is 10.3. The van der Waals surface area contributed by atoms with Crippen LogP contribution in [0.15, 0.2) is 53.2 Å². The molecule has 1 aliphatic rings. The van der Waals surface area contributed by atoms with Gasteiger partial charge in [0.05, 0.1) is 13.4 Å². The number of carbonyl (C=O) groups is 2. The molecule has 1 N–H and O–H groups in total. The monoisotopic (exact) mass is 383 g/mol. The predicted molar refractivity (Wildman–Crippen MR) is 106 cm³/mol. The van der Waals surface area contributed by atoms with Crippen LogP contribution in [0.4, 0.5) is 0 Å². The van der Waals surface area contributed by atoms with E-state index < -0.39 is 0 Å². The van der Waals surface area contributed by atoms with E-state index in [2.05, 4.69) is 10.2 Å². The summed E-state index contributed by atoms with van der Waals surface area (Å²) >= 11 is 0. The topological polar surface area (TPSA) is 75.0 Å². The van der Waals surface area contributed by atoms with Gasteiger partial charge in [0.25, 0.3) is 5.91 Å². The Hall–Kier alpha value is -3.06. The van der Waals surface area contributed by atoms with Crippen molar-refractivity contribution in [3.05, 3.63) is 60.1 Å². The Bertz CT molecular complexity index is 792. The molecule has 1 fully saturated rings. The van der Waals surface area contributed by atoms with Crippen molar-refractivity contribution in [2.75, 3.05) is 46.4 Å². The lowest BCUT2D eigenvalue weighted by Crippen LogP contribution is -2.49. The van der Waals surface area contributed by atoms with Gasteiger partial charge >= 0.3 is 0 Å². The number of amides is 2. The fraction of sp³-hybridized carbons (Fsp3) is 0.333. The van der Waals surface area contributed by atoms with E-state index in [1.807, 2.05) is 11.0 Å². The number of piperazine rings is 1. The maximum Gasteiger partial charge on any atom is 0.251 e. The summed E-state index contributed by atoms with van der Waals surface area (Å²) in [7, 11) is 1.60. The zero-order chi connectivity index (χ0) is 19.8. The highest BCUT2D eigenvalue weighted by Gasteiger charge is 2.19. The first-order valence-electron chi connectivity index (χ1n) is 9.31. The van der Waals surface area contributed by atoms with Crippen LogP contribution in [-0.4, -0.2) is 68.0 Å². The highest BCUT2D eigenvalue weighted by atomic mass is 16.5. The van der Waals surface area contributed by atoms with Crippen LogP contribution in [0, 0.1) is 0 Å². The van der Waals surface area contributed by atoms with Crippen molar-refractivity contribution >= 4 is 17.9 Å². The number of ether oxygens (including phenoxy) is 1. The summed E-state index contributed by atoms with van der Waals surface area (Å²) in [5.41, 5.74) is 0.611. The van der Waals surface area contributed by atoms with Gasteiger partial charge in [0.1, 0.15) is 11.5 Å². The number of carbonyl (C=O) groups excluding carboxylic acids is 2. The number of hydrogen-bond acceptors (Lipinski definition) is 5. The smallest absolute Gasteiger partial charge is 0.251 e. The molecule has 0 spiro atoms. The van der Waals surface area contributed by atoms with Gasteiger partial charge < -0.3 is 19.4 Å². The molecule has 3 rings (SSSR count). The second-order valence-corrected chi connectivity index (χ2v) is 6.50. The third-order valence-electron chi connectivity index (χ3n) is 4.68. The Morgan fingerprint density at radius 1 is 1.14 bits per heavy atom. The summed E-state index contributed by atoms with van der Waals surface area (Å²) in [6.07, 6.45) is 4.81. The largest absolute Gasteiger partial charge is 0.497 e. The van der Waals surface area contributed by atoms with Crippen LogP contribution in [-0.2, 0) is 4.79 Å². The number of nitrogens with zero attached hydrogens (tertiary/aromatic N) is 2. The molecule has 1 aliphatic heterocycles.